The van der Waals surface area contributed by atoms with Crippen molar-refractivity contribution in [3.8, 4) is 0 Å². The Kier molecular flexibility index (Phi) is 10.3. The van der Waals surface area contributed by atoms with Gasteiger partial charge in [0.05, 0.1) is 11.4 Å². The summed E-state index contributed by atoms with van der Waals surface area (Å²) in [7, 11) is 0. The first kappa shape index (κ1) is 26.9. The average molecular weight is 509 g/mol. The zero-order chi connectivity index (χ0) is 26.4. The number of carbonyl (C=O) groups is 2. The number of anilines is 2. The van der Waals surface area contributed by atoms with Crippen molar-refractivity contribution in [1.82, 2.24) is 15.2 Å². The number of amides is 3. The second kappa shape index (κ2) is 14.5. The van der Waals surface area contributed by atoms with E-state index < -0.39 is 0 Å². The van der Waals surface area contributed by atoms with Crippen LogP contribution in [0.25, 0.3) is 6.08 Å². The van der Waals surface area contributed by atoms with Gasteiger partial charge in [0.2, 0.25) is 5.91 Å². The first-order valence-electron chi connectivity index (χ1n) is 13.4. The summed E-state index contributed by atoms with van der Waals surface area (Å²) in [6.07, 6.45) is 15.7. The number of piperidine rings is 1. The molecule has 1 aliphatic heterocycles. The molecule has 2 heterocycles. The standard InChI is InChI=1S/C32H36N4O2/c37-31(19-8-7-13-28-14-11-22-33-26-28)34-23-10-9-12-27-20-24-35(25-21-27)32(38)36(29-15-3-1-4-16-29)30-17-5-2-6-18-30/h1-8,11,13-19,22,26-27H,9-10,12,20-21,23-25H2,(H,34,37). The predicted molar refractivity (Wildman–Crippen MR) is 154 cm³/mol. The first-order chi connectivity index (χ1) is 18.7. The van der Waals surface area contributed by atoms with E-state index in [0.29, 0.717) is 12.5 Å². The number of urea groups is 1. The van der Waals surface area contributed by atoms with Gasteiger partial charge in [-0.15, -0.1) is 0 Å². The van der Waals surface area contributed by atoms with E-state index in [9.17, 15) is 9.59 Å². The third-order valence-electron chi connectivity index (χ3n) is 6.78. The molecule has 3 aromatic rings. The van der Waals surface area contributed by atoms with Crippen molar-refractivity contribution in [1.29, 1.82) is 0 Å². The summed E-state index contributed by atoms with van der Waals surface area (Å²) >= 11 is 0. The summed E-state index contributed by atoms with van der Waals surface area (Å²) < 4.78 is 0. The number of unbranched alkanes of at least 4 members (excludes halogenated alkanes) is 1. The minimum Gasteiger partial charge on any atom is -0.353 e. The predicted octanol–water partition coefficient (Wildman–Crippen LogP) is 6.61. The highest BCUT2D eigenvalue weighted by atomic mass is 16.2. The highest BCUT2D eigenvalue weighted by Gasteiger charge is 2.27. The van der Waals surface area contributed by atoms with E-state index in [0.717, 1.165) is 62.1 Å². The molecule has 1 fully saturated rings. The van der Waals surface area contributed by atoms with Gasteiger partial charge in [-0.2, -0.15) is 0 Å². The van der Waals surface area contributed by atoms with E-state index >= 15 is 0 Å². The molecule has 0 spiro atoms. The van der Waals surface area contributed by atoms with Gasteiger partial charge in [0.1, 0.15) is 0 Å². The molecule has 0 bridgehead atoms. The molecule has 196 valence electrons. The molecule has 0 radical (unpaired) electrons. The summed E-state index contributed by atoms with van der Waals surface area (Å²) in [6, 6.07) is 23.6. The molecule has 0 aliphatic carbocycles. The van der Waals surface area contributed by atoms with Crippen LogP contribution in [0.5, 0.6) is 0 Å². The summed E-state index contributed by atoms with van der Waals surface area (Å²) in [5.41, 5.74) is 2.76. The topological polar surface area (TPSA) is 65.5 Å². The van der Waals surface area contributed by atoms with Gasteiger partial charge in [-0.3, -0.25) is 14.7 Å². The van der Waals surface area contributed by atoms with Crippen molar-refractivity contribution in [2.45, 2.75) is 32.1 Å². The fourth-order valence-corrected chi connectivity index (χ4v) is 4.69. The highest BCUT2D eigenvalue weighted by molar-refractivity contribution is 5.99. The number of likely N-dealkylation sites (tertiary alicyclic amines) is 1. The van der Waals surface area contributed by atoms with Crippen LogP contribution in [-0.4, -0.2) is 41.5 Å². The van der Waals surface area contributed by atoms with E-state index in [1.807, 2.05) is 94.7 Å². The highest BCUT2D eigenvalue weighted by Crippen LogP contribution is 2.29. The Labute approximate surface area is 225 Å². The second-order valence-corrected chi connectivity index (χ2v) is 9.51. The number of benzene rings is 2. The summed E-state index contributed by atoms with van der Waals surface area (Å²) in [5, 5.41) is 2.95. The number of carbonyl (C=O) groups excluding carboxylic acids is 2. The maximum Gasteiger partial charge on any atom is 0.329 e. The lowest BCUT2D eigenvalue weighted by molar-refractivity contribution is -0.116. The molecule has 1 aliphatic rings. The first-order valence-corrected chi connectivity index (χ1v) is 13.4. The van der Waals surface area contributed by atoms with Crippen molar-refractivity contribution in [3.63, 3.8) is 0 Å². The van der Waals surface area contributed by atoms with Gasteiger partial charge in [0.15, 0.2) is 0 Å². The number of nitrogens with one attached hydrogen (secondary N) is 1. The molecule has 4 rings (SSSR count). The monoisotopic (exact) mass is 508 g/mol. The molecule has 38 heavy (non-hydrogen) atoms. The minimum absolute atomic E-state index is 0.0342. The molecule has 0 saturated carbocycles. The fourth-order valence-electron chi connectivity index (χ4n) is 4.69. The average Bonchev–Trinajstić information content (AvgIpc) is 2.97. The van der Waals surface area contributed by atoms with Gasteiger partial charge in [0.25, 0.3) is 0 Å². The molecule has 0 atom stereocenters. The number of hydrogen-bond donors (Lipinski definition) is 1. The van der Waals surface area contributed by atoms with Crippen LogP contribution < -0.4 is 10.2 Å². The van der Waals surface area contributed by atoms with E-state index in [4.69, 9.17) is 0 Å². The van der Waals surface area contributed by atoms with Crippen LogP contribution in [0.4, 0.5) is 16.2 Å². The normalized spacial score (nSPS) is 14.2. The van der Waals surface area contributed by atoms with Gasteiger partial charge in [-0.25, -0.2) is 4.79 Å². The van der Waals surface area contributed by atoms with E-state index in [2.05, 4.69) is 10.3 Å². The molecule has 3 amide bonds. The van der Waals surface area contributed by atoms with Gasteiger partial charge < -0.3 is 10.2 Å². The Hall–Kier alpha value is -4.19. The van der Waals surface area contributed by atoms with E-state index in [1.54, 1.807) is 24.5 Å². The Morgan fingerprint density at radius 1 is 0.895 bits per heavy atom. The maximum absolute atomic E-state index is 13.5. The van der Waals surface area contributed by atoms with Crippen LogP contribution in [0.2, 0.25) is 0 Å². The Morgan fingerprint density at radius 3 is 2.21 bits per heavy atom. The van der Waals surface area contributed by atoms with Gasteiger partial charge >= 0.3 is 6.03 Å². The lowest BCUT2D eigenvalue weighted by atomic mass is 9.91. The van der Waals surface area contributed by atoms with Gasteiger partial charge in [-0.1, -0.05) is 73.5 Å². The van der Waals surface area contributed by atoms with Crippen LogP contribution in [0.3, 0.4) is 0 Å². The maximum atomic E-state index is 13.5. The van der Waals surface area contributed by atoms with Crippen molar-refractivity contribution in [2.24, 2.45) is 5.92 Å². The number of aromatic nitrogens is 1. The molecular formula is C32H36N4O2. The van der Waals surface area contributed by atoms with Crippen LogP contribution in [0.15, 0.2) is 103 Å². The molecule has 2 aromatic carbocycles. The quantitative estimate of drug-likeness (QED) is 0.190. The zero-order valence-electron chi connectivity index (χ0n) is 21.8. The van der Waals surface area contributed by atoms with Gasteiger partial charge in [-0.05, 0) is 61.1 Å². The number of pyridine rings is 1. The minimum atomic E-state index is -0.0750. The van der Waals surface area contributed by atoms with Crippen LogP contribution in [-0.2, 0) is 4.79 Å². The Balaban J connectivity index is 1.15. The fraction of sp³-hybridized carbons (Fsp3) is 0.281. The largest absolute Gasteiger partial charge is 0.353 e. The Morgan fingerprint density at radius 2 is 1.58 bits per heavy atom. The molecule has 1 aromatic heterocycles. The molecule has 0 unspecified atom stereocenters. The molecular weight excluding hydrogens is 472 g/mol. The smallest absolute Gasteiger partial charge is 0.329 e. The van der Waals surface area contributed by atoms with Crippen LogP contribution in [0.1, 0.15) is 37.7 Å². The van der Waals surface area contributed by atoms with E-state index in [-0.39, 0.29) is 11.9 Å². The molecule has 1 saturated heterocycles. The third-order valence-corrected chi connectivity index (χ3v) is 6.78. The number of hydrogen-bond acceptors (Lipinski definition) is 3. The van der Waals surface area contributed by atoms with Gasteiger partial charge in [0, 0.05) is 38.1 Å². The van der Waals surface area contributed by atoms with Crippen molar-refractivity contribution >= 4 is 29.4 Å². The third kappa shape index (κ3) is 8.17. The number of nitrogens with zero attached hydrogens (tertiary/aromatic N) is 3. The zero-order valence-corrected chi connectivity index (χ0v) is 21.8. The summed E-state index contributed by atoms with van der Waals surface area (Å²) in [6.45, 7) is 2.22. The summed E-state index contributed by atoms with van der Waals surface area (Å²) in [4.78, 5) is 33.4. The lowest BCUT2D eigenvalue weighted by Gasteiger charge is -2.36. The Bertz CT molecular complexity index is 1150. The molecule has 6 nitrogen and oxygen atoms in total. The van der Waals surface area contributed by atoms with Crippen LogP contribution in [0, 0.1) is 5.92 Å². The van der Waals surface area contributed by atoms with Crippen molar-refractivity contribution in [2.75, 3.05) is 24.5 Å². The molecule has 6 heteroatoms. The number of rotatable bonds is 10. The summed E-state index contributed by atoms with van der Waals surface area (Å²) in [5.74, 6) is 0.545. The van der Waals surface area contributed by atoms with Crippen molar-refractivity contribution in [3.05, 3.63) is 109 Å². The lowest BCUT2D eigenvalue weighted by Crippen LogP contribution is -2.45. The number of para-hydroxylation sites is 2. The second-order valence-electron chi connectivity index (χ2n) is 9.51. The van der Waals surface area contributed by atoms with Crippen LogP contribution >= 0.6 is 0 Å². The SMILES string of the molecule is O=C(C=CC=Cc1cccnc1)NCCCCC1CCN(C(=O)N(c2ccccc2)c2ccccc2)CC1. The number of allylic oxidation sites excluding steroid dienone is 2. The molecule has 1 N–H and O–H groups in total. The van der Waals surface area contributed by atoms with Crippen molar-refractivity contribution < 1.29 is 9.59 Å². The van der Waals surface area contributed by atoms with E-state index in [1.165, 1.54) is 0 Å².